The molecule has 0 aromatic heterocycles. The van der Waals surface area contributed by atoms with Crippen molar-refractivity contribution in [1.29, 1.82) is 0 Å². The number of carbonyl (C=O) groups excluding carboxylic acids is 1. The van der Waals surface area contributed by atoms with Crippen molar-refractivity contribution in [3.8, 4) is 0 Å². The first-order chi connectivity index (χ1) is 11.3. The summed E-state index contributed by atoms with van der Waals surface area (Å²) in [6.07, 6.45) is 1.86. The van der Waals surface area contributed by atoms with Gasteiger partial charge in [0.15, 0.2) is 0 Å². The van der Waals surface area contributed by atoms with E-state index in [2.05, 4.69) is 30.3 Å². The molecule has 0 heterocycles. The molecule has 0 N–H and O–H groups in total. The van der Waals surface area contributed by atoms with Crippen molar-refractivity contribution in [2.24, 2.45) is 0 Å². The molecule has 0 atom stereocenters. The van der Waals surface area contributed by atoms with Gasteiger partial charge < -0.3 is 4.74 Å². The molecule has 3 aromatic carbocycles. The van der Waals surface area contributed by atoms with Crippen molar-refractivity contribution in [2.75, 3.05) is 6.61 Å². The quantitative estimate of drug-likeness (QED) is 0.633. The zero-order valence-electron chi connectivity index (χ0n) is 13.3. The van der Waals surface area contributed by atoms with E-state index < -0.39 is 0 Å². The Bertz CT molecular complexity index is 806. The second kappa shape index (κ2) is 7.10. The van der Waals surface area contributed by atoms with E-state index in [4.69, 9.17) is 4.74 Å². The third kappa shape index (κ3) is 3.59. The number of fused-ring (bicyclic) bond motifs is 1. The smallest absolute Gasteiger partial charge is 0.338 e. The molecule has 2 nitrogen and oxygen atoms in total. The van der Waals surface area contributed by atoms with Crippen LogP contribution in [0.5, 0.6) is 0 Å². The molecule has 23 heavy (non-hydrogen) atoms. The number of aryl methyl sites for hydroxylation is 2. The lowest BCUT2D eigenvalue weighted by atomic mass is 9.96. The van der Waals surface area contributed by atoms with E-state index in [-0.39, 0.29) is 5.97 Å². The highest BCUT2D eigenvalue weighted by Gasteiger charge is 2.11. The van der Waals surface area contributed by atoms with Crippen LogP contribution >= 0.6 is 0 Å². The summed E-state index contributed by atoms with van der Waals surface area (Å²) in [5, 5.41) is 2.29. The topological polar surface area (TPSA) is 26.3 Å². The Morgan fingerprint density at radius 3 is 2.43 bits per heavy atom. The lowest BCUT2D eigenvalue weighted by molar-refractivity contribution is 0.0526. The first-order valence-electron chi connectivity index (χ1n) is 8.00. The minimum Gasteiger partial charge on any atom is -0.462 e. The number of rotatable bonds is 5. The Balaban J connectivity index is 1.95. The van der Waals surface area contributed by atoms with Gasteiger partial charge in [0.2, 0.25) is 0 Å². The summed E-state index contributed by atoms with van der Waals surface area (Å²) in [7, 11) is 0. The van der Waals surface area contributed by atoms with Crippen molar-refractivity contribution < 1.29 is 9.53 Å². The fourth-order valence-electron chi connectivity index (χ4n) is 2.85. The zero-order valence-corrected chi connectivity index (χ0v) is 13.3. The van der Waals surface area contributed by atoms with E-state index >= 15 is 0 Å². The molecule has 116 valence electrons. The minimum absolute atomic E-state index is 0.251. The van der Waals surface area contributed by atoms with Crippen LogP contribution in [0.3, 0.4) is 0 Å². The van der Waals surface area contributed by atoms with Crippen LogP contribution in [-0.4, -0.2) is 12.6 Å². The van der Waals surface area contributed by atoms with Crippen molar-refractivity contribution in [3.05, 3.63) is 83.4 Å². The normalized spacial score (nSPS) is 10.7. The summed E-state index contributed by atoms with van der Waals surface area (Å²) in [6.45, 7) is 2.22. The molecule has 0 saturated carbocycles. The van der Waals surface area contributed by atoms with Gasteiger partial charge in [-0.05, 0) is 53.8 Å². The van der Waals surface area contributed by atoms with E-state index in [0.717, 1.165) is 18.2 Å². The molecule has 3 rings (SSSR count). The first-order valence-corrected chi connectivity index (χ1v) is 8.00. The van der Waals surface area contributed by atoms with E-state index in [1.54, 1.807) is 0 Å². The van der Waals surface area contributed by atoms with Gasteiger partial charge in [-0.1, -0.05) is 54.6 Å². The second-order valence-electron chi connectivity index (χ2n) is 5.56. The predicted octanol–water partition coefficient (Wildman–Crippen LogP) is 4.80. The van der Waals surface area contributed by atoms with Crippen LogP contribution in [0, 0.1) is 0 Å². The molecule has 0 spiro atoms. The lowest BCUT2D eigenvalue weighted by Crippen LogP contribution is -2.06. The molecule has 0 aliphatic carbocycles. The Kier molecular flexibility index (Phi) is 4.72. The van der Waals surface area contributed by atoms with Crippen LogP contribution in [0.4, 0.5) is 0 Å². The van der Waals surface area contributed by atoms with Gasteiger partial charge in [-0.3, -0.25) is 0 Å². The zero-order chi connectivity index (χ0) is 16.1. The number of ether oxygens (including phenoxy) is 1. The van der Waals surface area contributed by atoms with Crippen LogP contribution in [0.25, 0.3) is 10.8 Å². The fourth-order valence-corrected chi connectivity index (χ4v) is 2.85. The van der Waals surface area contributed by atoms with Gasteiger partial charge in [0.25, 0.3) is 0 Å². The summed E-state index contributed by atoms with van der Waals surface area (Å²) < 4.78 is 5.16. The number of hydrogen-bond acceptors (Lipinski definition) is 2. The molecule has 0 saturated heterocycles. The van der Waals surface area contributed by atoms with Crippen molar-refractivity contribution in [3.63, 3.8) is 0 Å². The Labute approximate surface area is 136 Å². The van der Waals surface area contributed by atoms with Crippen LogP contribution in [0.15, 0.2) is 66.7 Å². The molecule has 0 aliphatic rings. The highest BCUT2D eigenvalue weighted by molar-refractivity contribution is 5.97. The lowest BCUT2D eigenvalue weighted by Gasteiger charge is -2.10. The summed E-state index contributed by atoms with van der Waals surface area (Å²) in [6, 6.07) is 22.5. The van der Waals surface area contributed by atoms with Gasteiger partial charge in [0.1, 0.15) is 0 Å². The molecule has 0 bridgehead atoms. The Morgan fingerprint density at radius 2 is 1.65 bits per heavy atom. The Hall–Kier alpha value is -2.61. The highest BCUT2D eigenvalue weighted by Crippen LogP contribution is 2.23. The highest BCUT2D eigenvalue weighted by atomic mass is 16.5. The first kappa shape index (κ1) is 15.3. The number of carbonyl (C=O) groups is 1. The van der Waals surface area contributed by atoms with Crippen LogP contribution in [0.1, 0.15) is 28.4 Å². The van der Waals surface area contributed by atoms with Gasteiger partial charge in [-0.2, -0.15) is 0 Å². The summed E-state index contributed by atoms with van der Waals surface area (Å²) in [5.74, 6) is -0.251. The molecule has 0 fully saturated rings. The molecule has 0 aliphatic heterocycles. The fraction of sp³-hybridized carbons (Fsp3) is 0.190. The average molecular weight is 304 g/mol. The van der Waals surface area contributed by atoms with Crippen LogP contribution in [0.2, 0.25) is 0 Å². The van der Waals surface area contributed by atoms with Gasteiger partial charge in [0, 0.05) is 0 Å². The van der Waals surface area contributed by atoms with Crippen molar-refractivity contribution in [2.45, 2.75) is 19.8 Å². The minimum atomic E-state index is -0.251. The maximum atomic E-state index is 12.1. The van der Waals surface area contributed by atoms with Crippen molar-refractivity contribution >= 4 is 16.7 Å². The van der Waals surface area contributed by atoms with E-state index in [1.165, 1.54) is 16.5 Å². The van der Waals surface area contributed by atoms with E-state index in [0.29, 0.717) is 12.2 Å². The second-order valence-corrected chi connectivity index (χ2v) is 5.56. The molecular weight excluding hydrogens is 284 g/mol. The largest absolute Gasteiger partial charge is 0.462 e. The van der Waals surface area contributed by atoms with Gasteiger partial charge >= 0.3 is 5.97 Å². The SMILES string of the molecule is CCOC(=O)c1cc(CCc2ccccc2)c2ccccc2c1. The molecular formula is C21H20O2. The molecule has 2 heteroatoms. The van der Waals surface area contributed by atoms with Gasteiger partial charge in [-0.15, -0.1) is 0 Å². The maximum absolute atomic E-state index is 12.1. The van der Waals surface area contributed by atoms with Crippen molar-refractivity contribution in [1.82, 2.24) is 0 Å². The monoisotopic (exact) mass is 304 g/mol. The Morgan fingerprint density at radius 1 is 0.913 bits per heavy atom. The number of hydrogen-bond donors (Lipinski definition) is 0. The van der Waals surface area contributed by atoms with E-state index in [9.17, 15) is 4.79 Å². The average Bonchev–Trinajstić information content (AvgIpc) is 2.60. The standard InChI is InChI=1S/C21H20O2/c1-2-23-21(22)19-14-17-10-6-7-11-20(17)18(15-19)13-12-16-8-4-3-5-9-16/h3-11,14-15H,2,12-13H2,1H3. The molecule has 0 amide bonds. The maximum Gasteiger partial charge on any atom is 0.338 e. The van der Waals surface area contributed by atoms with Crippen LogP contribution in [-0.2, 0) is 17.6 Å². The van der Waals surface area contributed by atoms with Gasteiger partial charge in [0.05, 0.1) is 12.2 Å². The van der Waals surface area contributed by atoms with Crippen LogP contribution < -0.4 is 0 Å². The third-order valence-corrected chi connectivity index (χ3v) is 3.98. The number of benzene rings is 3. The number of esters is 1. The van der Waals surface area contributed by atoms with Gasteiger partial charge in [-0.25, -0.2) is 4.79 Å². The molecule has 3 aromatic rings. The molecule has 0 radical (unpaired) electrons. The summed E-state index contributed by atoms with van der Waals surface area (Å²) in [4.78, 5) is 12.1. The summed E-state index contributed by atoms with van der Waals surface area (Å²) >= 11 is 0. The molecule has 0 unspecified atom stereocenters. The van der Waals surface area contributed by atoms with E-state index in [1.807, 2.05) is 43.3 Å². The predicted molar refractivity (Wildman–Crippen MR) is 93.8 cm³/mol. The summed E-state index contributed by atoms with van der Waals surface area (Å²) in [5.41, 5.74) is 3.13. The third-order valence-electron chi connectivity index (χ3n) is 3.98.